The highest BCUT2D eigenvalue weighted by molar-refractivity contribution is 5.96. The van der Waals surface area contributed by atoms with Crippen LogP contribution in [0.25, 0.3) is 11.3 Å². The third-order valence-electron chi connectivity index (χ3n) is 4.43. The van der Waals surface area contributed by atoms with Crippen molar-refractivity contribution in [2.45, 2.75) is 19.3 Å². The topological polar surface area (TPSA) is 57.8 Å². The minimum atomic E-state index is 0.0110. The lowest BCUT2D eigenvalue weighted by molar-refractivity contribution is -0.116. The van der Waals surface area contributed by atoms with Gasteiger partial charge in [-0.15, -0.1) is 0 Å². The van der Waals surface area contributed by atoms with Gasteiger partial charge in [0.05, 0.1) is 5.69 Å². The standard InChI is InChI=1S/C19H17N3O/c1-12-7-5-6-10-14(12)15-11-16(23)20-19-17(15)18(21-22-19)13-8-3-2-4-9-13/h2-10,15H,11H2,1H3,(H2,20,21,22,23)/t15-/m1/s1. The Labute approximate surface area is 134 Å². The highest BCUT2D eigenvalue weighted by Crippen LogP contribution is 2.42. The molecule has 1 atom stereocenters. The first-order valence-electron chi connectivity index (χ1n) is 7.73. The highest BCUT2D eigenvalue weighted by Gasteiger charge is 2.32. The molecule has 0 unspecified atom stereocenters. The Morgan fingerprint density at radius 3 is 2.57 bits per heavy atom. The summed E-state index contributed by atoms with van der Waals surface area (Å²) in [5.41, 5.74) is 5.51. The van der Waals surface area contributed by atoms with Gasteiger partial charge < -0.3 is 5.32 Å². The number of nitrogens with one attached hydrogen (secondary N) is 2. The summed E-state index contributed by atoms with van der Waals surface area (Å²) in [5, 5.41) is 10.3. The summed E-state index contributed by atoms with van der Waals surface area (Å²) in [4.78, 5) is 12.1. The van der Waals surface area contributed by atoms with E-state index >= 15 is 0 Å². The van der Waals surface area contributed by atoms with Crippen LogP contribution in [0.3, 0.4) is 0 Å². The van der Waals surface area contributed by atoms with Crippen molar-refractivity contribution in [3.8, 4) is 11.3 Å². The fourth-order valence-electron chi connectivity index (χ4n) is 3.32. The van der Waals surface area contributed by atoms with E-state index in [4.69, 9.17) is 0 Å². The van der Waals surface area contributed by atoms with Crippen molar-refractivity contribution in [3.05, 3.63) is 71.3 Å². The summed E-state index contributed by atoms with van der Waals surface area (Å²) in [6.07, 6.45) is 0.442. The molecule has 1 aromatic heterocycles. The molecular formula is C19H17N3O. The fourth-order valence-corrected chi connectivity index (χ4v) is 3.32. The third kappa shape index (κ3) is 2.32. The molecule has 2 N–H and O–H groups in total. The van der Waals surface area contributed by atoms with Gasteiger partial charge in [0.1, 0.15) is 0 Å². The van der Waals surface area contributed by atoms with E-state index in [9.17, 15) is 4.79 Å². The Morgan fingerprint density at radius 2 is 1.78 bits per heavy atom. The van der Waals surface area contributed by atoms with Crippen molar-refractivity contribution in [1.29, 1.82) is 0 Å². The summed E-state index contributed by atoms with van der Waals surface area (Å²) < 4.78 is 0. The smallest absolute Gasteiger partial charge is 0.226 e. The minimum Gasteiger partial charge on any atom is -0.309 e. The molecule has 1 aliphatic rings. The number of carbonyl (C=O) groups excluding carboxylic acids is 1. The number of aromatic nitrogens is 2. The SMILES string of the molecule is Cc1ccccc1[C@H]1CC(=O)Nc2n[nH]c(-c3ccccc3)c21. The zero-order chi connectivity index (χ0) is 15.8. The van der Waals surface area contributed by atoms with E-state index < -0.39 is 0 Å². The predicted octanol–water partition coefficient (Wildman–Crippen LogP) is 3.86. The average Bonchev–Trinajstić information content (AvgIpc) is 2.99. The highest BCUT2D eigenvalue weighted by atomic mass is 16.1. The molecule has 4 heteroatoms. The maximum Gasteiger partial charge on any atom is 0.226 e. The van der Waals surface area contributed by atoms with Crippen LogP contribution in [0.15, 0.2) is 54.6 Å². The number of aryl methyl sites for hydroxylation is 1. The van der Waals surface area contributed by atoms with Gasteiger partial charge in [0.2, 0.25) is 5.91 Å². The zero-order valence-corrected chi connectivity index (χ0v) is 12.8. The summed E-state index contributed by atoms with van der Waals surface area (Å²) >= 11 is 0. The molecule has 2 aromatic carbocycles. The van der Waals surface area contributed by atoms with Crippen LogP contribution < -0.4 is 5.32 Å². The van der Waals surface area contributed by atoms with Crippen LogP contribution in [-0.2, 0) is 4.79 Å². The molecule has 4 nitrogen and oxygen atoms in total. The molecule has 114 valence electrons. The summed E-state index contributed by atoms with van der Waals surface area (Å²) in [6, 6.07) is 18.4. The second kappa shape index (κ2) is 5.39. The lowest BCUT2D eigenvalue weighted by atomic mass is 9.82. The van der Waals surface area contributed by atoms with Crippen molar-refractivity contribution in [1.82, 2.24) is 10.2 Å². The minimum absolute atomic E-state index is 0.0110. The van der Waals surface area contributed by atoms with E-state index in [2.05, 4.69) is 46.7 Å². The van der Waals surface area contributed by atoms with Crippen molar-refractivity contribution in [2.75, 3.05) is 5.32 Å². The van der Waals surface area contributed by atoms with E-state index in [1.165, 1.54) is 11.1 Å². The molecule has 0 spiro atoms. The third-order valence-corrected chi connectivity index (χ3v) is 4.43. The van der Waals surface area contributed by atoms with Gasteiger partial charge in [-0.1, -0.05) is 54.6 Å². The number of carbonyl (C=O) groups is 1. The predicted molar refractivity (Wildman–Crippen MR) is 90.3 cm³/mol. The summed E-state index contributed by atoms with van der Waals surface area (Å²) in [7, 11) is 0. The number of hydrogen-bond donors (Lipinski definition) is 2. The fraction of sp³-hybridized carbons (Fsp3) is 0.158. The molecule has 0 saturated carbocycles. The van der Waals surface area contributed by atoms with Gasteiger partial charge in [-0.2, -0.15) is 5.10 Å². The van der Waals surface area contributed by atoms with Gasteiger partial charge in [-0.05, 0) is 23.6 Å². The van der Waals surface area contributed by atoms with Crippen LogP contribution >= 0.6 is 0 Å². The molecule has 3 aromatic rings. The number of fused-ring (bicyclic) bond motifs is 1. The Balaban J connectivity index is 1.91. The Bertz CT molecular complexity index is 867. The first-order valence-corrected chi connectivity index (χ1v) is 7.73. The monoisotopic (exact) mass is 303 g/mol. The van der Waals surface area contributed by atoms with Gasteiger partial charge in [0, 0.05) is 17.9 Å². The molecule has 0 bridgehead atoms. The van der Waals surface area contributed by atoms with Gasteiger partial charge >= 0.3 is 0 Å². The Hall–Kier alpha value is -2.88. The first-order chi connectivity index (χ1) is 11.2. The normalized spacial score (nSPS) is 16.7. The molecule has 23 heavy (non-hydrogen) atoms. The molecule has 2 heterocycles. The molecule has 4 rings (SSSR count). The zero-order valence-electron chi connectivity index (χ0n) is 12.8. The van der Waals surface area contributed by atoms with Crippen LogP contribution in [0.5, 0.6) is 0 Å². The number of rotatable bonds is 2. The van der Waals surface area contributed by atoms with Crippen LogP contribution in [0.4, 0.5) is 5.82 Å². The number of anilines is 1. The number of H-pyrrole nitrogens is 1. The molecule has 0 aliphatic carbocycles. The molecule has 1 amide bonds. The van der Waals surface area contributed by atoms with Crippen molar-refractivity contribution < 1.29 is 4.79 Å². The van der Waals surface area contributed by atoms with Crippen LogP contribution in [0.2, 0.25) is 0 Å². The number of nitrogens with zero attached hydrogens (tertiary/aromatic N) is 1. The van der Waals surface area contributed by atoms with Crippen molar-refractivity contribution in [3.63, 3.8) is 0 Å². The average molecular weight is 303 g/mol. The molecule has 0 fully saturated rings. The second-order valence-corrected chi connectivity index (χ2v) is 5.89. The van der Waals surface area contributed by atoms with E-state index in [1.807, 2.05) is 30.3 Å². The maximum atomic E-state index is 12.1. The summed E-state index contributed by atoms with van der Waals surface area (Å²) in [6.45, 7) is 2.09. The maximum absolute atomic E-state index is 12.1. The molecule has 1 aliphatic heterocycles. The molecule has 0 saturated heterocycles. The van der Waals surface area contributed by atoms with Crippen LogP contribution in [0.1, 0.15) is 29.0 Å². The van der Waals surface area contributed by atoms with Crippen molar-refractivity contribution in [2.24, 2.45) is 0 Å². The van der Waals surface area contributed by atoms with Gasteiger partial charge in [-0.3, -0.25) is 9.89 Å². The van der Waals surface area contributed by atoms with Crippen molar-refractivity contribution >= 4 is 11.7 Å². The van der Waals surface area contributed by atoms with Crippen LogP contribution in [-0.4, -0.2) is 16.1 Å². The van der Waals surface area contributed by atoms with Gasteiger partial charge in [-0.25, -0.2) is 0 Å². The van der Waals surface area contributed by atoms with E-state index in [0.29, 0.717) is 12.2 Å². The molecular weight excluding hydrogens is 286 g/mol. The summed E-state index contributed by atoms with van der Waals surface area (Å²) in [5.74, 6) is 0.680. The van der Waals surface area contributed by atoms with Gasteiger partial charge in [0.15, 0.2) is 5.82 Å². The second-order valence-electron chi connectivity index (χ2n) is 5.89. The van der Waals surface area contributed by atoms with E-state index in [1.54, 1.807) is 0 Å². The molecule has 0 radical (unpaired) electrons. The number of aromatic amines is 1. The Kier molecular flexibility index (Phi) is 3.23. The van der Waals surface area contributed by atoms with E-state index in [-0.39, 0.29) is 11.8 Å². The van der Waals surface area contributed by atoms with Gasteiger partial charge in [0.25, 0.3) is 0 Å². The lowest BCUT2D eigenvalue weighted by Gasteiger charge is -2.24. The number of hydrogen-bond acceptors (Lipinski definition) is 2. The number of amides is 1. The Morgan fingerprint density at radius 1 is 1.04 bits per heavy atom. The lowest BCUT2D eigenvalue weighted by Crippen LogP contribution is -2.23. The largest absolute Gasteiger partial charge is 0.309 e. The quantitative estimate of drug-likeness (QED) is 0.755. The van der Waals surface area contributed by atoms with Crippen LogP contribution in [0, 0.1) is 6.92 Å². The van der Waals surface area contributed by atoms with E-state index in [0.717, 1.165) is 16.8 Å². The first kappa shape index (κ1) is 13.8. The number of benzene rings is 2.